The third kappa shape index (κ3) is 3.32. The van der Waals surface area contributed by atoms with Gasteiger partial charge in [0.1, 0.15) is 0 Å². The molecule has 0 aliphatic carbocycles. The quantitative estimate of drug-likeness (QED) is 0.850. The molecule has 2 aromatic rings. The minimum Gasteiger partial charge on any atom is -0.454 e. The van der Waals surface area contributed by atoms with Crippen molar-refractivity contribution in [1.82, 2.24) is 10.1 Å². The molecule has 7 nitrogen and oxygen atoms in total. The Balaban J connectivity index is 1.45. The van der Waals surface area contributed by atoms with E-state index in [1.165, 1.54) is 0 Å². The van der Waals surface area contributed by atoms with Gasteiger partial charge in [0.25, 0.3) is 0 Å². The number of hydrogen-bond acceptors (Lipinski definition) is 6. The second-order valence-corrected chi connectivity index (χ2v) is 6.48. The summed E-state index contributed by atoms with van der Waals surface area (Å²) in [6.45, 7) is 5.39. The molecule has 2 atom stereocenters. The molecular weight excluding hydrogens is 324 g/mol. The lowest BCUT2D eigenvalue weighted by atomic mass is 10.1. The van der Waals surface area contributed by atoms with E-state index in [1.807, 2.05) is 36.9 Å². The van der Waals surface area contributed by atoms with Crippen LogP contribution in [0.1, 0.15) is 19.5 Å². The Morgan fingerprint density at radius 3 is 2.72 bits per heavy atom. The van der Waals surface area contributed by atoms with Crippen molar-refractivity contribution in [2.75, 3.05) is 19.9 Å². The van der Waals surface area contributed by atoms with Crippen LogP contribution in [0.2, 0.25) is 0 Å². The smallest absolute Gasteiger partial charge is 0.231 e. The maximum Gasteiger partial charge on any atom is 0.231 e. The van der Waals surface area contributed by atoms with E-state index in [9.17, 15) is 4.79 Å². The number of rotatable bonds is 3. The number of hydrogen-bond donors (Lipinski definition) is 0. The van der Waals surface area contributed by atoms with E-state index in [2.05, 4.69) is 5.16 Å². The van der Waals surface area contributed by atoms with Crippen molar-refractivity contribution in [2.45, 2.75) is 32.5 Å². The van der Waals surface area contributed by atoms with E-state index in [1.54, 1.807) is 6.07 Å². The largest absolute Gasteiger partial charge is 0.454 e. The maximum absolute atomic E-state index is 12.5. The van der Waals surface area contributed by atoms with Crippen LogP contribution in [-0.2, 0) is 16.0 Å². The summed E-state index contributed by atoms with van der Waals surface area (Å²) in [6.07, 6.45) is 0.316. The number of ether oxygens (including phenoxy) is 3. The molecule has 3 heterocycles. The Morgan fingerprint density at radius 1 is 1.16 bits per heavy atom. The van der Waals surface area contributed by atoms with Gasteiger partial charge in [-0.25, -0.2) is 0 Å². The molecule has 0 saturated carbocycles. The summed E-state index contributed by atoms with van der Waals surface area (Å²) in [6, 6.07) is 7.36. The zero-order valence-corrected chi connectivity index (χ0v) is 14.2. The van der Waals surface area contributed by atoms with E-state index < -0.39 is 0 Å². The fourth-order valence-electron chi connectivity index (χ4n) is 3.23. The Kier molecular flexibility index (Phi) is 4.09. The van der Waals surface area contributed by atoms with Gasteiger partial charge in [-0.05, 0) is 32.0 Å². The second kappa shape index (κ2) is 6.40. The third-order valence-electron chi connectivity index (χ3n) is 4.32. The summed E-state index contributed by atoms with van der Waals surface area (Å²) in [7, 11) is 0. The Morgan fingerprint density at radius 2 is 1.92 bits per heavy atom. The minimum absolute atomic E-state index is 0.0348. The molecule has 0 N–H and O–H groups in total. The first kappa shape index (κ1) is 16.0. The van der Waals surface area contributed by atoms with Crippen LogP contribution < -0.4 is 9.47 Å². The van der Waals surface area contributed by atoms with Gasteiger partial charge < -0.3 is 23.6 Å². The van der Waals surface area contributed by atoms with Gasteiger partial charge in [-0.1, -0.05) is 5.16 Å². The number of morpholine rings is 1. The molecule has 2 aliphatic rings. The van der Waals surface area contributed by atoms with Crippen molar-refractivity contribution in [2.24, 2.45) is 0 Å². The first-order valence-electron chi connectivity index (χ1n) is 8.37. The molecule has 0 bridgehead atoms. The minimum atomic E-state index is 0.0348. The molecule has 0 unspecified atom stereocenters. The number of fused-ring (bicyclic) bond motifs is 1. The molecule has 1 aromatic heterocycles. The van der Waals surface area contributed by atoms with Crippen LogP contribution in [0.25, 0.3) is 11.3 Å². The molecule has 1 saturated heterocycles. The summed E-state index contributed by atoms with van der Waals surface area (Å²) in [4.78, 5) is 14.3. The third-order valence-corrected chi connectivity index (χ3v) is 4.32. The van der Waals surface area contributed by atoms with Gasteiger partial charge in [0.2, 0.25) is 12.7 Å². The molecule has 1 aromatic carbocycles. The van der Waals surface area contributed by atoms with Gasteiger partial charge in [0, 0.05) is 24.7 Å². The fraction of sp³-hybridized carbons (Fsp3) is 0.444. The van der Waals surface area contributed by atoms with Crippen LogP contribution in [-0.4, -0.2) is 48.1 Å². The number of benzene rings is 1. The van der Waals surface area contributed by atoms with E-state index in [0.717, 1.165) is 5.56 Å². The highest BCUT2D eigenvalue weighted by Crippen LogP contribution is 2.36. The van der Waals surface area contributed by atoms with Gasteiger partial charge in [-0.3, -0.25) is 4.79 Å². The average Bonchev–Trinajstić information content (AvgIpc) is 3.22. The summed E-state index contributed by atoms with van der Waals surface area (Å²) >= 11 is 0. The standard InChI is InChI=1S/C18H20N2O5/c1-11-8-20(9-12(2)24-11)18(21)7-14-6-16(25-19-14)13-3-4-15-17(5-13)23-10-22-15/h3-6,11-12H,7-10H2,1-2H3/t11-,12-/m0/s1. The molecule has 2 aliphatic heterocycles. The summed E-state index contributed by atoms with van der Waals surface area (Å²) in [5.74, 6) is 2.04. The van der Waals surface area contributed by atoms with Crippen molar-refractivity contribution in [3.05, 3.63) is 30.0 Å². The van der Waals surface area contributed by atoms with E-state index in [0.29, 0.717) is 36.0 Å². The van der Waals surface area contributed by atoms with Gasteiger partial charge in [0.05, 0.1) is 24.3 Å². The van der Waals surface area contributed by atoms with Gasteiger partial charge in [-0.15, -0.1) is 0 Å². The van der Waals surface area contributed by atoms with Crippen molar-refractivity contribution >= 4 is 5.91 Å². The van der Waals surface area contributed by atoms with Crippen molar-refractivity contribution in [1.29, 1.82) is 0 Å². The second-order valence-electron chi connectivity index (χ2n) is 6.48. The van der Waals surface area contributed by atoms with Crippen molar-refractivity contribution in [3.63, 3.8) is 0 Å². The normalized spacial score (nSPS) is 22.2. The van der Waals surface area contributed by atoms with Crippen molar-refractivity contribution < 1.29 is 23.5 Å². The van der Waals surface area contributed by atoms with Crippen LogP contribution in [0, 0.1) is 0 Å². The molecule has 1 amide bonds. The zero-order chi connectivity index (χ0) is 17.4. The zero-order valence-electron chi connectivity index (χ0n) is 14.2. The number of nitrogens with zero attached hydrogens (tertiary/aromatic N) is 2. The highest BCUT2D eigenvalue weighted by molar-refractivity contribution is 5.79. The van der Waals surface area contributed by atoms with Crippen LogP contribution in [0.5, 0.6) is 11.5 Å². The highest BCUT2D eigenvalue weighted by atomic mass is 16.7. The lowest BCUT2D eigenvalue weighted by molar-refractivity contribution is -0.142. The lowest BCUT2D eigenvalue weighted by Crippen LogP contribution is -2.48. The number of carbonyl (C=O) groups excluding carboxylic acids is 1. The highest BCUT2D eigenvalue weighted by Gasteiger charge is 2.26. The number of amides is 1. The van der Waals surface area contributed by atoms with Crippen LogP contribution in [0.4, 0.5) is 0 Å². The predicted molar refractivity (Wildman–Crippen MR) is 88.4 cm³/mol. The lowest BCUT2D eigenvalue weighted by Gasteiger charge is -2.35. The molecule has 1 fully saturated rings. The Labute approximate surface area is 145 Å². The molecular formula is C18H20N2O5. The van der Waals surface area contributed by atoms with Crippen LogP contribution >= 0.6 is 0 Å². The molecule has 0 radical (unpaired) electrons. The van der Waals surface area contributed by atoms with Gasteiger partial charge >= 0.3 is 0 Å². The first-order valence-corrected chi connectivity index (χ1v) is 8.37. The average molecular weight is 344 g/mol. The predicted octanol–water partition coefficient (Wildman–Crippen LogP) is 2.25. The maximum atomic E-state index is 12.5. The fourth-order valence-corrected chi connectivity index (χ4v) is 3.23. The summed E-state index contributed by atoms with van der Waals surface area (Å²) in [5.41, 5.74) is 1.45. The summed E-state index contributed by atoms with van der Waals surface area (Å²) in [5, 5.41) is 4.03. The SMILES string of the molecule is C[C@H]1CN(C(=O)Cc2cc(-c3ccc4c(c3)OCO4)on2)C[C@H](C)O1. The topological polar surface area (TPSA) is 74.0 Å². The number of aromatic nitrogens is 1. The molecule has 25 heavy (non-hydrogen) atoms. The molecule has 7 heteroatoms. The molecule has 132 valence electrons. The Hall–Kier alpha value is -2.54. The monoisotopic (exact) mass is 344 g/mol. The summed E-state index contributed by atoms with van der Waals surface area (Å²) < 4.78 is 21.7. The van der Waals surface area contributed by atoms with E-state index >= 15 is 0 Å². The molecule has 0 spiro atoms. The van der Waals surface area contributed by atoms with Crippen LogP contribution in [0.15, 0.2) is 28.8 Å². The number of carbonyl (C=O) groups is 1. The molecule has 4 rings (SSSR count). The first-order chi connectivity index (χ1) is 12.1. The van der Waals surface area contributed by atoms with E-state index in [4.69, 9.17) is 18.7 Å². The van der Waals surface area contributed by atoms with Crippen molar-refractivity contribution in [3.8, 4) is 22.8 Å². The van der Waals surface area contributed by atoms with Gasteiger partial charge in [0.15, 0.2) is 17.3 Å². The van der Waals surface area contributed by atoms with E-state index in [-0.39, 0.29) is 31.3 Å². The Bertz CT molecular complexity index is 778. The van der Waals surface area contributed by atoms with Crippen LogP contribution in [0.3, 0.4) is 0 Å². The van der Waals surface area contributed by atoms with Gasteiger partial charge in [-0.2, -0.15) is 0 Å².